The average molecular weight is 515 g/mol. The van der Waals surface area contributed by atoms with E-state index >= 15 is 0 Å². The number of nitrogens with one attached hydrogen (secondary N) is 1. The third-order valence-electron chi connectivity index (χ3n) is 6.51. The van der Waals surface area contributed by atoms with Crippen LogP contribution in [0.5, 0.6) is 5.75 Å². The van der Waals surface area contributed by atoms with Gasteiger partial charge in [-0.3, -0.25) is 4.79 Å². The molecule has 8 nitrogen and oxygen atoms in total. The predicted molar refractivity (Wildman–Crippen MR) is 131 cm³/mol. The normalized spacial score (nSPS) is 25.6. The first kappa shape index (κ1) is 25.6. The second-order valence-electron chi connectivity index (χ2n) is 8.91. The number of hydrogen-bond donors (Lipinski definition) is 2. The monoisotopic (exact) mass is 514 g/mol. The number of methoxy groups -OCH3 is 1. The maximum absolute atomic E-state index is 14.7. The molecule has 0 radical (unpaired) electrons. The van der Waals surface area contributed by atoms with E-state index in [2.05, 4.69) is 4.72 Å². The number of carbonyl (C=O) groups excluding carboxylic acids is 1. The first-order valence-corrected chi connectivity index (χ1v) is 13.3. The first-order chi connectivity index (χ1) is 17.1. The molecule has 1 heterocycles. The summed E-state index contributed by atoms with van der Waals surface area (Å²) in [7, 11) is -2.39. The fourth-order valence-corrected chi connectivity index (χ4v) is 5.78. The fourth-order valence-electron chi connectivity index (χ4n) is 4.94. The van der Waals surface area contributed by atoms with E-state index in [4.69, 9.17) is 4.74 Å². The van der Waals surface area contributed by atoms with Crippen LogP contribution in [0, 0.1) is 5.82 Å². The number of carboxylic acids is 1. The summed E-state index contributed by atoms with van der Waals surface area (Å²) < 4.78 is 47.2. The van der Waals surface area contributed by atoms with Crippen LogP contribution in [-0.4, -0.2) is 55.2 Å². The van der Waals surface area contributed by atoms with Crippen molar-refractivity contribution in [1.29, 1.82) is 0 Å². The zero-order chi connectivity index (χ0) is 26.1. The van der Waals surface area contributed by atoms with Crippen LogP contribution in [0.15, 0.2) is 72.8 Å². The Morgan fingerprint density at radius 3 is 2.25 bits per heavy atom. The Hall–Kier alpha value is -3.50. The number of ether oxygens (including phenoxy) is 1. The zero-order valence-corrected chi connectivity index (χ0v) is 20.6. The van der Waals surface area contributed by atoms with Crippen molar-refractivity contribution >= 4 is 21.9 Å². The Balaban J connectivity index is 1.77. The minimum atomic E-state index is -3.93. The van der Waals surface area contributed by atoms with Crippen LogP contribution in [0.3, 0.4) is 0 Å². The molecule has 2 aromatic carbocycles. The number of halogens is 1. The Morgan fingerprint density at radius 2 is 1.67 bits per heavy atom. The number of hydrogen-bond acceptors (Lipinski definition) is 5. The summed E-state index contributed by atoms with van der Waals surface area (Å²) in [6.07, 6.45) is 7.41. The Morgan fingerprint density at radius 1 is 1.06 bits per heavy atom. The van der Waals surface area contributed by atoms with Gasteiger partial charge in [-0.05, 0) is 25.0 Å². The maximum atomic E-state index is 14.7. The second-order valence-corrected chi connectivity index (χ2v) is 10.7. The van der Waals surface area contributed by atoms with Gasteiger partial charge in [-0.2, -0.15) is 4.72 Å². The summed E-state index contributed by atoms with van der Waals surface area (Å²) in [5.41, 5.74) is -0.894. The molecule has 0 bridgehead atoms. The van der Waals surface area contributed by atoms with Gasteiger partial charge in [0.2, 0.25) is 10.0 Å². The summed E-state index contributed by atoms with van der Waals surface area (Å²) in [4.78, 5) is 27.2. The van der Waals surface area contributed by atoms with Gasteiger partial charge in [-0.1, -0.05) is 60.7 Å². The summed E-state index contributed by atoms with van der Waals surface area (Å²) in [5.74, 6) is -2.30. The zero-order valence-electron chi connectivity index (χ0n) is 19.8. The van der Waals surface area contributed by atoms with E-state index in [-0.39, 0.29) is 24.3 Å². The molecule has 1 amide bonds. The van der Waals surface area contributed by atoms with Crippen LogP contribution in [0.25, 0.3) is 0 Å². The molecule has 1 aliphatic carbocycles. The number of likely N-dealkylation sites (tertiary alicyclic amines) is 1. The maximum Gasteiger partial charge on any atom is 0.326 e. The molecule has 2 N–H and O–H groups in total. The number of rotatable bonds is 7. The Kier molecular flexibility index (Phi) is 7.01. The molecule has 2 aromatic rings. The number of nitrogens with zero attached hydrogens (tertiary/aromatic N) is 1. The van der Waals surface area contributed by atoms with Crippen molar-refractivity contribution in [3.05, 3.63) is 89.8 Å². The largest absolute Gasteiger partial charge is 0.496 e. The van der Waals surface area contributed by atoms with E-state index in [1.807, 2.05) is 18.2 Å². The molecule has 2 atom stereocenters. The van der Waals surface area contributed by atoms with Gasteiger partial charge in [0.1, 0.15) is 23.1 Å². The van der Waals surface area contributed by atoms with Crippen molar-refractivity contribution in [1.82, 2.24) is 9.62 Å². The molecule has 1 saturated heterocycles. The quantitative estimate of drug-likeness (QED) is 0.549. The number of amides is 1. The number of carbonyl (C=O) groups is 2. The van der Waals surface area contributed by atoms with Gasteiger partial charge in [0.25, 0.3) is 5.91 Å². The molecule has 190 valence electrons. The molecule has 1 aliphatic heterocycles. The number of allylic oxidation sites excluding steroid dienone is 2. The summed E-state index contributed by atoms with van der Waals surface area (Å²) in [6, 6.07) is 11.1. The standard InChI is InChI=1S/C26H27FN2O6S/c1-35-23-10-6-4-7-18(23)17-13-15-26(16-14-17,28-36(2,33)34)25(32)29-21(11-12-22(29)24(30)31)19-8-3-5-9-20(19)27/h3-10,13-17,21-22,28H,11-12H2,1-2H3,(H,30,31)/t17?,21-,22+,26?/m1/s1. The van der Waals surface area contributed by atoms with Crippen LogP contribution in [0.1, 0.15) is 35.9 Å². The van der Waals surface area contributed by atoms with Crippen molar-refractivity contribution in [2.24, 2.45) is 0 Å². The molecule has 0 aromatic heterocycles. The highest BCUT2D eigenvalue weighted by atomic mass is 32.2. The molecule has 10 heteroatoms. The van der Waals surface area contributed by atoms with Crippen LogP contribution in [0.2, 0.25) is 0 Å². The lowest BCUT2D eigenvalue weighted by atomic mass is 9.85. The third-order valence-corrected chi connectivity index (χ3v) is 7.22. The molecule has 1 fully saturated rings. The lowest BCUT2D eigenvalue weighted by molar-refractivity contribution is -0.151. The van der Waals surface area contributed by atoms with E-state index in [9.17, 15) is 27.5 Å². The van der Waals surface area contributed by atoms with Gasteiger partial charge >= 0.3 is 5.97 Å². The fraction of sp³-hybridized carbons (Fsp3) is 0.308. The van der Waals surface area contributed by atoms with Gasteiger partial charge < -0.3 is 14.7 Å². The molecule has 0 unspecified atom stereocenters. The van der Waals surface area contributed by atoms with Crippen molar-refractivity contribution in [3.63, 3.8) is 0 Å². The summed E-state index contributed by atoms with van der Waals surface area (Å²) in [6.45, 7) is 0. The molecular weight excluding hydrogens is 487 g/mol. The lowest BCUT2D eigenvalue weighted by Crippen LogP contribution is -2.59. The van der Waals surface area contributed by atoms with E-state index in [0.717, 1.165) is 16.7 Å². The van der Waals surface area contributed by atoms with Crippen LogP contribution < -0.4 is 9.46 Å². The van der Waals surface area contributed by atoms with E-state index in [0.29, 0.717) is 5.75 Å². The van der Waals surface area contributed by atoms with Crippen molar-refractivity contribution in [2.45, 2.75) is 36.4 Å². The second kappa shape index (κ2) is 9.87. The lowest BCUT2D eigenvalue weighted by Gasteiger charge is -2.38. The number of sulfonamides is 1. The van der Waals surface area contributed by atoms with Crippen molar-refractivity contribution in [2.75, 3.05) is 13.4 Å². The molecule has 0 spiro atoms. The van der Waals surface area contributed by atoms with Crippen LogP contribution in [0.4, 0.5) is 4.39 Å². The number of aliphatic carboxylic acids is 1. The minimum Gasteiger partial charge on any atom is -0.496 e. The van der Waals surface area contributed by atoms with E-state index in [1.165, 1.54) is 37.5 Å². The summed E-state index contributed by atoms with van der Waals surface area (Å²) in [5, 5.41) is 9.85. The van der Waals surface area contributed by atoms with Gasteiger partial charge in [0.05, 0.1) is 19.4 Å². The van der Waals surface area contributed by atoms with Gasteiger partial charge in [-0.15, -0.1) is 0 Å². The molecule has 36 heavy (non-hydrogen) atoms. The van der Waals surface area contributed by atoms with Crippen molar-refractivity contribution in [3.8, 4) is 5.75 Å². The number of benzene rings is 2. The topological polar surface area (TPSA) is 113 Å². The Bertz CT molecular complexity index is 1330. The minimum absolute atomic E-state index is 0.103. The molecule has 4 rings (SSSR count). The smallest absolute Gasteiger partial charge is 0.326 e. The SMILES string of the molecule is COc1ccccc1C1C=CC(NS(C)(=O)=O)(C(=O)N2[C@@H](c3ccccc3F)CC[C@H]2C(=O)O)C=C1. The molecular formula is C26H27FN2O6S. The third kappa shape index (κ3) is 4.91. The number of carboxylic acid groups (broad SMARTS) is 1. The van der Waals surface area contributed by atoms with Gasteiger partial charge in [0, 0.05) is 17.0 Å². The van der Waals surface area contributed by atoms with Gasteiger partial charge in [0.15, 0.2) is 0 Å². The average Bonchev–Trinajstić information content (AvgIpc) is 3.28. The van der Waals surface area contributed by atoms with Crippen LogP contribution in [-0.2, 0) is 19.6 Å². The highest BCUT2D eigenvalue weighted by Gasteiger charge is 2.50. The molecule has 2 aliphatic rings. The van der Waals surface area contributed by atoms with Gasteiger partial charge in [-0.25, -0.2) is 17.6 Å². The summed E-state index contributed by atoms with van der Waals surface area (Å²) >= 11 is 0. The van der Waals surface area contributed by atoms with E-state index < -0.39 is 45.3 Å². The molecule has 0 saturated carbocycles. The predicted octanol–water partition coefficient (Wildman–Crippen LogP) is 3.15. The van der Waals surface area contributed by atoms with Crippen molar-refractivity contribution < 1.29 is 32.2 Å². The van der Waals surface area contributed by atoms with Crippen LogP contribution >= 0.6 is 0 Å². The first-order valence-electron chi connectivity index (χ1n) is 11.4. The highest BCUT2D eigenvalue weighted by Crippen LogP contribution is 2.41. The Labute approximate surface area is 209 Å². The number of para-hydroxylation sites is 1. The van der Waals surface area contributed by atoms with E-state index in [1.54, 1.807) is 24.3 Å². The highest BCUT2D eigenvalue weighted by molar-refractivity contribution is 7.88.